The van der Waals surface area contributed by atoms with Crippen LogP contribution >= 0.6 is 11.6 Å². The van der Waals surface area contributed by atoms with E-state index in [1.807, 2.05) is 0 Å². The van der Waals surface area contributed by atoms with Crippen molar-refractivity contribution in [3.8, 4) is 0 Å². The van der Waals surface area contributed by atoms with Crippen LogP contribution in [0.1, 0.15) is 29.2 Å². The van der Waals surface area contributed by atoms with Gasteiger partial charge < -0.3 is 5.11 Å². The summed E-state index contributed by atoms with van der Waals surface area (Å²) in [7, 11) is 0. The Labute approximate surface area is 119 Å². The summed E-state index contributed by atoms with van der Waals surface area (Å²) < 4.78 is 38.8. The molecule has 0 spiro atoms. The van der Waals surface area contributed by atoms with Gasteiger partial charge in [-0.3, -0.25) is 0 Å². The fourth-order valence-corrected chi connectivity index (χ4v) is 2.12. The highest BCUT2D eigenvalue weighted by Gasteiger charge is 2.14. The lowest BCUT2D eigenvalue weighted by atomic mass is 9.99. The third-order valence-corrected chi connectivity index (χ3v) is 3.20. The van der Waals surface area contributed by atoms with Gasteiger partial charge in [0.15, 0.2) is 0 Å². The summed E-state index contributed by atoms with van der Waals surface area (Å²) in [6.45, 7) is 0. The highest BCUT2D eigenvalue weighted by Crippen LogP contribution is 2.26. The van der Waals surface area contributed by atoms with Gasteiger partial charge in [-0.05, 0) is 35.4 Å². The molecule has 0 aromatic heterocycles. The number of hydrogen-bond donors (Lipinski definition) is 1. The largest absolute Gasteiger partial charge is 0.388 e. The standard InChI is InChI=1S/C15H12ClF3O/c16-12-4-5-13(17)11(7-12)8-14(20)9-2-1-3-10(6-9)15(18)19/h1-7,14-15,20H,8H2. The summed E-state index contributed by atoms with van der Waals surface area (Å²) >= 11 is 5.77. The van der Waals surface area contributed by atoms with Crippen LogP contribution in [0.5, 0.6) is 0 Å². The first kappa shape index (κ1) is 14.9. The van der Waals surface area contributed by atoms with Gasteiger partial charge in [-0.25, -0.2) is 13.2 Å². The summed E-state index contributed by atoms with van der Waals surface area (Å²) in [5, 5.41) is 10.4. The minimum absolute atomic E-state index is 0.0287. The van der Waals surface area contributed by atoms with Gasteiger partial charge in [-0.15, -0.1) is 0 Å². The first-order valence-electron chi connectivity index (χ1n) is 5.97. The van der Waals surface area contributed by atoms with E-state index in [1.165, 1.54) is 42.5 Å². The molecule has 0 saturated heterocycles. The van der Waals surface area contributed by atoms with Gasteiger partial charge in [0.25, 0.3) is 6.43 Å². The van der Waals surface area contributed by atoms with Crippen LogP contribution in [0.2, 0.25) is 5.02 Å². The van der Waals surface area contributed by atoms with Gasteiger partial charge in [0.05, 0.1) is 6.10 Å². The van der Waals surface area contributed by atoms with Crippen molar-refractivity contribution in [2.45, 2.75) is 19.0 Å². The molecule has 1 N–H and O–H groups in total. The lowest BCUT2D eigenvalue weighted by molar-refractivity contribution is 0.149. The SMILES string of the molecule is OC(Cc1cc(Cl)ccc1F)c1cccc(C(F)F)c1. The summed E-state index contributed by atoms with van der Waals surface area (Å²) in [5.74, 6) is -0.488. The first-order chi connectivity index (χ1) is 9.47. The zero-order chi connectivity index (χ0) is 14.7. The van der Waals surface area contributed by atoms with Gasteiger partial charge in [-0.2, -0.15) is 0 Å². The second-order valence-electron chi connectivity index (χ2n) is 4.43. The average Bonchev–Trinajstić information content (AvgIpc) is 2.43. The van der Waals surface area contributed by atoms with Crippen LogP contribution in [0.25, 0.3) is 0 Å². The maximum atomic E-state index is 13.6. The number of alkyl halides is 2. The van der Waals surface area contributed by atoms with E-state index in [0.717, 1.165) is 0 Å². The number of rotatable bonds is 4. The molecule has 0 aliphatic carbocycles. The van der Waals surface area contributed by atoms with Gasteiger partial charge in [0.1, 0.15) is 5.82 Å². The minimum atomic E-state index is -2.61. The Balaban J connectivity index is 2.21. The van der Waals surface area contributed by atoms with Crippen molar-refractivity contribution >= 4 is 11.6 Å². The lowest BCUT2D eigenvalue weighted by Gasteiger charge is -2.13. The summed E-state index contributed by atoms with van der Waals surface area (Å²) in [6.07, 6.45) is -3.70. The van der Waals surface area contributed by atoms with Crippen molar-refractivity contribution in [2.75, 3.05) is 0 Å². The molecular weight excluding hydrogens is 289 g/mol. The second-order valence-corrected chi connectivity index (χ2v) is 4.86. The number of halogens is 4. The predicted molar refractivity (Wildman–Crippen MR) is 71.5 cm³/mol. The Bertz CT molecular complexity index is 601. The molecule has 0 heterocycles. The molecule has 20 heavy (non-hydrogen) atoms. The molecule has 2 aromatic carbocycles. The Morgan fingerprint density at radius 3 is 2.45 bits per heavy atom. The monoisotopic (exact) mass is 300 g/mol. The smallest absolute Gasteiger partial charge is 0.263 e. The lowest BCUT2D eigenvalue weighted by Crippen LogP contribution is -2.04. The number of hydrogen-bond acceptors (Lipinski definition) is 1. The van der Waals surface area contributed by atoms with Crippen LogP contribution in [0.15, 0.2) is 42.5 Å². The van der Waals surface area contributed by atoms with Crippen molar-refractivity contribution in [2.24, 2.45) is 0 Å². The molecule has 0 saturated carbocycles. The second kappa shape index (κ2) is 6.29. The molecule has 0 radical (unpaired) electrons. The summed E-state index contributed by atoms with van der Waals surface area (Å²) in [4.78, 5) is 0. The molecule has 0 bridgehead atoms. The van der Waals surface area contributed by atoms with Crippen LogP contribution < -0.4 is 0 Å². The molecule has 0 aliphatic rings. The van der Waals surface area contributed by atoms with E-state index < -0.39 is 18.3 Å². The Kier molecular flexibility index (Phi) is 4.68. The van der Waals surface area contributed by atoms with Crippen LogP contribution in [-0.4, -0.2) is 5.11 Å². The Morgan fingerprint density at radius 1 is 1.05 bits per heavy atom. The van der Waals surface area contributed by atoms with Gasteiger partial charge >= 0.3 is 0 Å². The van der Waals surface area contributed by atoms with Gasteiger partial charge in [0.2, 0.25) is 0 Å². The molecule has 1 atom stereocenters. The van der Waals surface area contributed by atoms with Crippen LogP contribution in [0.4, 0.5) is 13.2 Å². The van der Waals surface area contributed by atoms with E-state index in [0.29, 0.717) is 10.6 Å². The molecule has 0 aliphatic heterocycles. The predicted octanol–water partition coefficient (Wildman–Crippen LogP) is 4.69. The first-order valence-corrected chi connectivity index (χ1v) is 6.35. The molecule has 1 unspecified atom stereocenters. The fourth-order valence-electron chi connectivity index (χ4n) is 1.93. The van der Waals surface area contributed by atoms with Gasteiger partial charge in [-0.1, -0.05) is 29.8 Å². The maximum absolute atomic E-state index is 13.6. The average molecular weight is 301 g/mol. The third kappa shape index (κ3) is 3.52. The highest BCUT2D eigenvalue weighted by molar-refractivity contribution is 6.30. The van der Waals surface area contributed by atoms with Crippen molar-refractivity contribution in [3.63, 3.8) is 0 Å². The normalized spacial score (nSPS) is 12.7. The van der Waals surface area contributed by atoms with Crippen molar-refractivity contribution in [1.82, 2.24) is 0 Å². The van der Waals surface area contributed by atoms with E-state index in [4.69, 9.17) is 11.6 Å². The molecule has 0 amide bonds. The summed E-state index contributed by atoms with van der Waals surface area (Å²) in [6, 6.07) is 9.49. The van der Waals surface area contributed by atoms with E-state index in [1.54, 1.807) is 0 Å². The highest BCUT2D eigenvalue weighted by atomic mass is 35.5. The quantitative estimate of drug-likeness (QED) is 0.868. The number of benzene rings is 2. The number of aliphatic hydroxyl groups excluding tert-OH is 1. The van der Waals surface area contributed by atoms with E-state index in [9.17, 15) is 18.3 Å². The molecule has 2 rings (SSSR count). The molecule has 5 heteroatoms. The van der Waals surface area contributed by atoms with E-state index in [2.05, 4.69) is 0 Å². The maximum Gasteiger partial charge on any atom is 0.263 e. The molecule has 1 nitrogen and oxygen atoms in total. The van der Waals surface area contributed by atoms with Crippen molar-refractivity contribution in [1.29, 1.82) is 0 Å². The third-order valence-electron chi connectivity index (χ3n) is 2.97. The van der Waals surface area contributed by atoms with Crippen molar-refractivity contribution < 1.29 is 18.3 Å². The fraction of sp³-hybridized carbons (Fsp3) is 0.200. The molecule has 106 valence electrons. The number of aliphatic hydroxyl groups is 1. The zero-order valence-corrected chi connectivity index (χ0v) is 11.1. The Morgan fingerprint density at radius 2 is 1.75 bits per heavy atom. The van der Waals surface area contributed by atoms with Crippen LogP contribution in [-0.2, 0) is 6.42 Å². The molecule has 0 fully saturated rings. The van der Waals surface area contributed by atoms with Gasteiger partial charge in [0, 0.05) is 17.0 Å². The van der Waals surface area contributed by atoms with E-state index in [-0.39, 0.29) is 17.5 Å². The summed E-state index contributed by atoms with van der Waals surface area (Å²) in [5.41, 5.74) is 0.391. The van der Waals surface area contributed by atoms with Crippen molar-refractivity contribution in [3.05, 3.63) is 70.0 Å². The topological polar surface area (TPSA) is 20.2 Å². The van der Waals surface area contributed by atoms with Crippen LogP contribution in [0.3, 0.4) is 0 Å². The minimum Gasteiger partial charge on any atom is -0.388 e. The Hall–Kier alpha value is -1.52. The molecule has 2 aromatic rings. The molecular formula is C15H12ClF3O. The zero-order valence-electron chi connectivity index (χ0n) is 10.4. The van der Waals surface area contributed by atoms with E-state index >= 15 is 0 Å². The van der Waals surface area contributed by atoms with Crippen LogP contribution in [0, 0.1) is 5.82 Å².